The molecule has 2 N–H and O–H groups in total. The molecule has 0 saturated heterocycles. The molecule has 1 rings (SSSR count). The minimum atomic E-state index is -3.55. The Morgan fingerprint density at radius 2 is 2.18 bits per heavy atom. The summed E-state index contributed by atoms with van der Waals surface area (Å²) < 4.78 is 28.0. The van der Waals surface area contributed by atoms with Gasteiger partial charge in [-0.1, -0.05) is 13.8 Å². The highest BCUT2D eigenvalue weighted by atomic mass is 32.2. The van der Waals surface area contributed by atoms with Crippen LogP contribution in [0.4, 0.5) is 0 Å². The lowest BCUT2D eigenvalue weighted by Gasteiger charge is -2.20. The number of hydrogen-bond donors (Lipinski definition) is 2. The maximum atomic E-state index is 12.0. The Balaban J connectivity index is 2.84. The monoisotopic (exact) mass is 261 g/mol. The van der Waals surface area contributed by atoms with Gasteiger partial charge in [-0.3, -0.25) is 4.68 Å². The average molecular weight is 261 g/mol. The van der Waals surface area contributed by atoms with Crippen molar-refractivity contribution in [2.75, 3.05) is 6.61 Å². The van der Waals surface area contributed by atoms with Crippen LogP contribution in [0.3, 0.4) is 0 Å². The summed E-state index contributed by atoms with van der Waals surface area (Å²) in [5, 5.41) is 12.7. The van der Waals surface area contributed by atoms with Gasteiger partial charge in [-0.05, 0) is 12.3 Å². The number of aryl methyl sites for hydroxylation is 1. The van der Waals surface area contributed by atoms with E-state index in [1.54, 1.807) is 7.05 Å². The van der Waals surface area contributed by atoms with Crippen LogP contribution in [0.1, 0.15) is 20.3 Å². The van der Waals surface area contributed by atoms with Crippen LogP contribution in [0.15, 0.2) is 17.3 Å². The fourth-order valence-corrected chi connectivity index (χ4v) is 2.87. The smallest absolute Gasteiger partial charge is 0.243 e. The van der Waals surface area contributed by atoms with E-state index >= 15 is 0 Å². The van der Waals surface area contributed by atoms with Crippen LogP contribution in [0.5, 0.6) is 0 Å². The molecule has 7 heteroatoms. The van der Waals surface area contributed by atoms with Crippen molar-refractivity contribution in [3.05, 3.63) is 12.4 Å². The van der Waals surface area contributed by atoms with E-state index in [0.29, 0.717) is 6.42 Å². The fraction of sp³-hybridized carbons (Fsp3) is 0.700. The predicted molar refractivity (Wildman–Crippen MR) is 63.9 cm³/mol. The maximum absolute atomic E-state index is 12.0. The first-order valence-electron chi connectivity index (χ1n) is 5.48. The summed E-state index contributed by atoms with van der Waals surface area (Å²) in [6.45, 7) is 3.77. The summed E-state index contributed by atoms with van der Waals surface area (Å²) in [6.07, 6.45) is 3.15. The third kappa shape index (κ3) is 3.79. The van der Waals surface area contributed by atoms with Crippen LogP contribution in [-0.4, -0.2) is 36.0 Å². The molecule has 0 aliphatic heterocycles. The molecule has 0 radical (unpaired) electrons. The molecule has 0 fully saturated rings. The lowest BCUT2D eigenvalue weighted by Crippen LogP contribution is -2.39. The predicted octanol–water partition coefficient (Wildman–Crippen LogP) is 0.105. The Labute approximate surface area is 102 Å². The van der Waals surface area contributed by atoms with Gasteiger partial charge in [0.15, 0.2) is 0 Å². The van der Waals surface area contributed by atoms with E-state index in [4.69, 9.17) is 5.11 Å². The number of aromatic nitrogens is 2. The third-order valence-electron chi connectivity index (χ3n) is 2.54. The molecule has 1 atom stereocenters. The number of sulfonamides is 1. The number of nitrogens with one attached hydrogen (secondary N) is 1. The summed E-state index contributed by atoms with van der Waals surface area (Å²) in [7, 11) is -1.89. The molecule has 0 aliphatic rings. The highest BCUT2D eigenvalue weighted by Crippen LogP contribution is 2.12. The first-order chi connectivity index (χ1) is 7.86. The SMILES string of the molecule is CC(C)C(CCO)NS(=O)(=O)c1cnn(C)c1. The van der Waals surface area contributed by atoms with Gasteiger partial charge < -0.3 is 5.11 Å². The molecule has 1 heterocycles. The Hall–Kier alpha value is -0.920. The first kappa shape index (κ1) is 14.1. The standard InChI is InChI=1S/C10H19N3O3S/c1-8(2)10(4-5-14)12-17(15,16)9-6-11-13(3)7-9/h6-8,10,12,14H,4-5H2,1-3H3. The van der Waals surface area contributed by atoms with Crippen molar-refractivity contribution in [1.82, 2.24) is 14.5 Å². The quantitative estimate of drug-likeness (QED) is 0.761. The molecular weight excluding hydrogens is 242 g/mol. The van der Waals surface area contributed by atoms with Gasteiger partial charge in [-0.2, -0.15) is 5.10 Å². The van der Waals surface area contributed by atoms with E-state index in [2.05, 4.69) is 9.82 Å². The maximum Gasteiger partial charge on any atom is 0.243 e. The zero-order valence-electron chi connectivity index (χ0n) is 10.3. The summed E-state index contributed by atoms with van der Waals surface area (Å²) >= 11 is 0. The van der Waals surface area contributed by atoms with Crippen molar-refractivity contribution < 1.29 is 13.5 Å². The lowest BCUT2D eigenvalue weighted by atomic mass is 10.0. The molecular formula is C10H19N3O3S. The van der Waals surface area contributed by atoms with Gasteiger partial charge >= 0.3 is 0 Å². The Morgan fingerprint density at radius 1 is 1.53 bits per heavy atom. The Bertz CT molecular complexity index is 453. The first-order valence-corrected chi connectivity index (χ1v) is 6.97. The number of nitrogens with zero attached hydrogens (tertiary/aromatic N) is 2. The van der Waals surface area contributed by atoms with Gasteiger partial charge in [0.05, 0.1) is 6.20 Å². The molecule has 1 aromatic heterocycles. The minimum absolute atomic E-state index is 0.0432. The van der Waals surface area contributed by atoms with E-state index < -0.39 is 10.0 Å². The van der Waals surface area contributed by atoms with E-state index in [0.717, 1.165) is 0 Å². The van der Waals surface area contributed by atoms with Crippen LogP contribution in [-0.2, 0) is 17.1 Å². The second-order valence-corrected chi connectivity index (χ2v) is 6.05. The molecule has 98 valence electrons. The molecule has 0 aliphatic carbocycles. The van der Waals surface area contributed by atoms with Crippen LogP contribution >= 0.6 is 0 Å². The van der Waals surface area contributed by atoms with Gasteiger partial charge in [-0.15, -0.1) is 0 Å². The Morgan fingerprint density at radius 3 is 2.59 bits per heavy atom. The minimum Gasteiger partial charge on any atom is -0.396 e. The van der Waals surface area contributed by atoms with Crippen molar-refractivity contribution >= 4 is 10.0 Å². The zero-order valence-corrected chi connectivity index (χ0v) is 11.1. The normalized spacial score (nSPS) is 14.2. The number of hydrogen-bond acceptors (Lipinski definition) is 4. The van der Waals surface area contributed by atoms with Crippen molar-refractivity contribution in [2.45, 2.75) is 31.2 Å². The topological polar surface area (TPSA) is 84.2 Å². The van der Waals surface area contributed by atoms with Gasteiger partial charge in [0.1, 0.15) is 4.90 Å². The fourth-order valence-electron chi connectivity index (χ4n) is 1.47. The van der Waals surface area contributed by atoms with Gasteiger partial charge in [0.2, 0.25) is 10.0 Å². The summed E-state index contributed by atoms with van der Waals surface area (Å²) in [4.78, 5) is 0.142. The molecule has 0 amide bonds. The second kappa shape index (κ2) is 5.61. The van der Waals surface area contributed by atoms with Crippen LogP contribution in [0, 0.1) is 5.92 Å². The van der Waals surface area contributed by atoms with E-state index in [1.807, 2.05) is 13.8 Å². The van der Waals surface area contributed by atoms with E-state index in [1.165, 1.54) is 17.1 Å². The Kier molecular flexibility index (Phi) is 4.67. The zero-order chi connectivity index (χ0) is 13.1. The van der Waals surface area contributed by atoms with E-state index in [9.17, 15) is 8.42 Å². The van der Waals surface area contributed by atoms with Crippen molar-refractivity contribution in [3.63, 3.8) is 0 Å². The molecule has 1 unspecified atom stereocenters. The highest BCUT2D eigenvalue weighted by molar-refractivity contribution is 7.89. The largest absolute Gasteiger partial charge is 0.396 e. The number of aliphatic hydroxyl groups is 1. The molecule has 6 nitrogen and oxygen atoms in total. The molecule has 1 aromatic rings. The molecule has 0 saturated carbocycles. The summed E-state index contributed by atoms with van der Waals surface area (Å²) in [5.41, 5.74) is 0. The highest BCUT2D eigenvalue weighted by Gasteiger charge is 2.23. The van der Waals surface area contributed by atoms with Gasteiger partial charge in [0.25, 0.3) is 0 Å². The lowest BCUT2D eigenvalue weighted by molar-refractivity contribution is 0.256. The van der Waals surface area contributed by atoms with Gasteiger partial charge in [0, 0.05) is 25.9 Å². The second-order valence-electron chi connectivity index (χ2n) is 4.33. The summed E-state index contributed by atoms with van der Waals surface area (Å²) in [5.74, 6) is 0.119. The van der Waals surface area contributed by atoms with Crippen LogP contribution < -0.4 is 4.72 Å². The number of rotatable bonds is 6. The summed E-state index contributed by atoms with van der Waals surface area (Å²) in [6, 6.07) is -0.273. The third-order valence-corrected chi connectivity index (χ3v) is 3.99. The number of aliphatic hydroxyl groups excluding tert-OH is 1. The molecule has 0 aromatic carbocycles. The molecule has 0 bridgehead atoms. The van der Waals surface area contributed by atoms with Crippen molar-refractivity contribution in [1.29, 1.82) is 0 Å². The van der Waals surface area contributed by atoms with Gasteiger partial charge in [-0.25, -0.2) is 13.1 Å². The average Bonchev–Trinajstić information content (AvgIpc) is 2.64. The van der Waals surface area contributed by atoms with E-state index in [-0.39, 0.29) is 23.5 Å². The van der Waals surface area contributed by atoms with Crippen molar-refractivity contribution in [2.24, 2.45) is 13.0 Å². The van der Waals surface area contributed by atoms with Crippen LogP contribution in [0.25, 0.3) is 0 Å². The van der Waals surface area contributed by atoms with Crippen molar-refractivity contribution in [3.8, 4) is 0 Å². The van der Waals surface area contributed by atoms with Crippen LogP contribution in [0.2, 0.25) is 0 Å². The molecule has 0 spiro atoms. The molecule has 17 heavy (non-hydrogen) atoms.